The second-order valence-electron chi connectivity index (χ2n) is 4.66. The van der Waals surface area contributed by atoms with Crippen LogP contribution in [0.25, 0.3) is 17.3 Å². The Hall–Kier alpha value is -1.94. The van der Waals surface area contributed by atoms with Gasteiger partial charge in [0.05, 0.1) is 27.5 Å². The second kappa shape index (κ2) is 4.87. The first-order valence-electron chi connectivity index (χ1n) is 6.31. The monoisotopic (exact) mass is 290 g/mol. The molecule has 0 bridgehead atoms. The van der Waals surface area contributed by atoms with Crippen molar-refractivity contribution >= 4 is 23.5 Å². The molecule has 1 aliphatic heterocycles. The zero-order valence-electron chi connectivity index (χ0n) is 10.9. The molecule has 0 saturated heterocycles. The first kappa shape index (κ1) is 13.1. The number of carbonyl (C=O) groups is 1. The summed E-state index contributed by atoms with van der Waals surface area (Å²) in [6.45, 7) is 2.14. The first-order valence-corrected chi connectivity index (χ1v) is 6.69. The molecule has 0 saturated carbocycles. The lowest BCUT2D eigenvalue weighted by molar-refractivity contribution is 0.101. The lowest BCUT2D eigenvalue weighted by Crippen LogP contribution is -2.07. The molecule has 2 aromatic rings. The van der Waals surface area contributed by atoms with Gasteiger partial charge in [0.15, 0.2) is 5.78 Å². The zero-order valence-corrected chi connectivity index (χ0v) is 11.6. The van der Waals surface area contributed by atoms with Crippen LogP contribution in [-0.2, 0) is 6.54 Å². The van der Waals surface area contributed by atoms with Crippen LogP contribution in [0.15, 0.2) is 24.4 Å². The Kier molecular flexibility index (Phi) is 3.18. The van der Waals surface area contributed by atoms with Gasteiger partial charge in [-0.25, -0.2) is 4.98 Å². The third-order valence-corrected chi connectivity index (χ3v) is 3.77. The first-order chi connectivity index (χ1) is 9.61. The number of halogens is 2. The number of nitrogens with zero attached hydrogens (tertiary/aromatic N) is 2. The van der Waals surface area contributed by atoms with Crippen LogP contribution in [0.1, 0.15) is 29.4 Å². The number of hydrogen-bond donors (Lipinski definition) is 0. The Morgan fingerprint density at radius 3 is 3.00 bits per heavy atom. The van der Waals surface area contributed by atoms with Gasteiger partial charge in [0.1, 0.15) is 0 Å². The predicted octanol–water partition coefficient (Wildman–Crippen LogP) is 3.96. The Balaban J connectivity index is 2.35. The standard InChI is InChI=1S/C15H12ClFN2O/c1-9(20)12-11-6-2-3-8-19(11)14(13(12)16)10-5-4-7-18-15(10)17/h2,4-7H,3,8H2,1H3. The summed E-state index contributed by atoms with van der Waals surface area (Å²) in [5, 5.41) is 0.297. The highest BCUT2D eigenvalue weighted by Crippen LogP contribution is 2.38. The predicted molar refractivity (Wildman–Crippen MR) is 76.3 cm³/mol. The molecule has 0 unspecified atom stereocenters. The van der Waals surface area contributed by atoms with Crippen molar-refractivity contribution in [1.82, 2.24) is 9.55 Å². The van der Waals surface area contributed by atoms with Crippen LogP contribution in [0.2, 0.25) is 5.02 Å². The van der Waals surface area contributed by atoms with Crippen molar-refractivity contribution in [2.75, 3.05) is 0 Å². The van der Waals surface area contributed by atoms with Gasteiger partial charge in [-0.3, -0.25) is 4.79 Å². The van der Waals surface area contributed by atoms with E-state index in [1.807, 2.05) is 16.7 Å². The van der Waals surface area contributed by atoms with Crippen molar-refractivity contribution in [2.45, 2.75) is 19.9 Å². The Morgan fingerprint density at radius 1 is 1.50 bits per heavy atom. The Labute approximate surface area is 120 Å². The molecule has 0 fully saturated rings. The fourth-order valence-electron chi connectivity index (χ4n) is 2.57. The summed E-state index contributed by atoms with van der Waals surface area (Å²) in [7, 11) is 0. The molecule has 2 aromatic heterocycles. The molecule has 3 nitrogen and oxygen atoms in total. The molecule has 3 rings (SSSR count). The smallest absolute Gasteiger partial charge is 0.222 e. The van der Waals surface area contributed by atoms with Crippen molar-refractivity contribution in [3.8, 4) is 11.3 Å². The van der Waals surface area contributed by atoms with Gasteiger partial charge in [-0.15, -0.1) is 0 Å². The van der Waals surface area contributed by atoms with Crippen LogP contribution >= 0.6 is 11.6 Å². The molecule has 0 N–H and O–H groups in total. The molecule has 0 amide bonds. The molecule has 1 aliphatic rings. The van der Waals surface area contributed by atoms with Gasteiger partial charge in [-0.1, -0.05) is 17.7 Å². The number of allylic oxidation sites excluding steroid dienone is 1. The summed E-state index contributed by atoms with van der Waals surface area (Å²) in [4.78, 5) is 15.5. The van der Waals surface area contributed by atoms with Crippen LogP contribution in [0.5, 0.6) is 0 Å². The van der Waals surface area contributed by atoms with Gasteiger partial charge < -0.3 is 4.57 Å². The maximum atomic E-state index is 13.9. The highest BCUT2D eigenvalue weighted by molar-refractivity contribution is 6.37. The normalized spacial score (nSPS) is 13.3. The van der Waals surface area contributed by atoms with Gasteiger partial charge in [0.2, 0.25) is 5.95 Å². The van der Waals surface area contributed by atoms with Crippen molar-refractivity contribution in [3.05, 3.63) is 46.6 Å². The van der Waals surface area contributed by atoms with Crippen LogP contribution in [-0.4, -0.2) is 15.3 Å². The average molecular weight is 291 g/mol. The summed E-state index contributed by atoms with van der Waals surface area (Å²) in [5.41, 5.74) is 2.04. The summed E-state index contributed by atoms with van der Waals surface area (Å²) in [6, 6.07) is 3.28. The van der Waals surface area contributed by atoms with Crippen LogP contribution in [0.3, 0.4) is 0 Å². The number of fused-ring (bicyclic) bond motifs is 1. The van der Waals surface area contributed by atoms with Crippen molar-refractivity contribution in [2.24, 2.45) is 0 Å². The Morgan fingerprint density at radius 2 is 2.30 bits per heavy atom. The van der Waals surface area contributed by atoms with E-state index in [9.17, 15) is 9.18 Å². The average Bonchev–Trinajstić information content (AvgIpc) is 2.71. The summed E-state index contributed by atoms with van der Waals surface area (Å²) >= 11 is 6.35. The van der Waals surface area contributed by atoms with E-state index in [1.54, 1.807) is 12.1 Å². The highest BCUT2D eigenvalue weighted by atomic mass is 35.5. The number of rotatable bonds is 2. The lowest BCUT2D eigenvalue weighted by atomic mass is 10.1. The fraction of sp³-hybridized carbons (Fsp3) is 0.200. The van der Waals surface area contributed by atoms with Crippen LogP contribution in [0.4, 0.5) is 4.39 Å². The van der Waals surface area contributed by atoms with E-state index in [2.05, 4.69) is 4.98 Å². The molecule has 5 heteroatoms. The number of hydrogen-bond acceptors (Lipinski definition) is 2. The molecule has 20 heavy (non-hydrogen) atoms. The van der Waals surface area contributed by atoms with Crippen molar-refractivity contribution in [3.63, 3.8) is 0 Å². The van der Waals surface area contributed by atoms with E-state index in [0.717, 1.165) is 12.1 Å². The van der Waals surface area contributed by atoms with Gasteiger partial charge in [0, 0.05) is 12.7 Å². The summed E-state index contributed by atoms with van der Waals surface area (Å²) in [5.74, 6) is -0.708. The van der Waals surface area contributed by atoms with E-state index in [4.69, 9.17) is 11.6 Å². The molecule has 0 aromatic carbocycles. The van der Waals surface area contributed by atoms with E-state index in [1.165, 1.54) is 13.1 Å². The van der Waals surface area contributed by atoms with Gasteiger partial charge in [-0.05, 0) is 31.6 Å². The fourth-order valence-corrected chi connectivity index (χ4v) is 3.00. The summed E-state index contributed by atoms with van der Waals surface area (Å²) in [6.07, 6.45) is 6.06. The van der Waals surface area contributed by atoms with E-state index in [0.29, 0.717) is 28.4 Å². The van der Waals surface area contributed by atoms with Gasteiger partial charge in [-0.2, -0.15) is 4.39 Å². The largest absolute Gasteiger partial charge is 0.339 e. The lowest BCUT2D eigenvalue weighted by Gasteiger charge is -2.14. The third kappa shape index (κ3) is 1.88. The maximum Gasteiger partial charge on any atom is 0.222 e. The number of Topliss-reactive ketones (excluding diaryl/α,β-unsaturated/α-hetero) is 1. The molecular weight excluding hydrogens is 279 g/mol. The quantitative estimate of drug-likeness (QED) is 0.620. The minimum absolute atomic E-state index is 0.124. The minimum atomic E-state index is -0.584. The number of ketones is 1. The second-order valence-corrected chi connectivity index (χ2v) is 5.04. The van der Waals surface area contributed by atoms with Crippen molar-refractivity contribution in [1.29, 1.82) is 0 Å². The summed E-state index contributed by atoms with van der Waals surface area (Å²) < 4.78 is 15.8. The molecule has 0 atom stereocenters. The zero-order chi connectivity index (χ0) is 14.3. The molecule has 102 valence electrons. The maximum absolute atomic E-state index is 13.9. The Bertz CT molecular complexity index is 734. The van der Waals surface area contributed by atoms with Crippen LogP contribution < -0.4 is 0 Å². The highest BCUT2D eigenvalue weighted by Gasteiger charge is 2.26. The third-order valence-electron chi connectivity index (χ3n) is 3.41. The van der Waals surface area contributed by atoms with E-state index in [-0.39, 0.29) is 5.78 Å². The molecule has 0 aliphatic carbocycles. The van der Waals surface area contributed by atoms with E-state index >= 15 is 0 Å². The number of carbonyl (C=O) groups excluding carboxylic acids is 1. The van der Waals surface area contributed by atoms with Crippen LogP contribution in [0, 0.1) is 5.95 Å². The molecule has 3 heterocycles. The molecule has 0 spiro atoms. The topological polar surface area (TPSA) is 34.9 Å². The molecular formula is C15H12ClFN2O. The SMILES string of the molecule is CC(=O)c1c(Cl)c(-c2cccnc2F)n2c1C=CCC2. The number of aromatic nitrogens is 2. The minimum Gasteiger partial charge on any atom is -0.339 e. The number of pyridine rings is 1. The van der Waals surface area contributed by atoms with Gasteiger partial charge >= 0.3 is 0 Å². The molecule has 0 radical (unpaired) electrons. The van der Waals surface area contributed by atoms with Crippen molar-refractivity contribution < 1.29 is 9.18 Å². The van der Waals surface area contributed by atoms with E-state index < -0.39 is 5.95 Å². The van der Waals surface area contributed by atoms with Gasteiger partial charge in [0.25, 0.3) is 0 Å².